The second-order valence-corrected chi connectivity index (χ2v) is 11.0. The molecule has 8 nitrogen and oxygen atoms in total. The van der Waals surface area contributed by atoms with Gasteiger partial charge < -0.3 is 19.5 Å². The van der Waals surface area contributed by atoms with Crippen LogP contribution in [0.25, 0.3) is 6.08 Å². The Bertz CT molecular complexity index is 1830. The van der Waals surface area contributed by atoms with E-state index in [0.29, 0.717) is 54.6 Å². The van der Waals surface area contributed by atoms with E-state index >= 15 is 0 Å². The first kappa shape index (κ1) is 28.4. The summed E-state index contributed by atoms with van der Waals surface area (Å²) >= 11 is 4.81. The molecule has 41 heavy (non-hydrogen) atoms. The third kappa shape index (κ3) is 5.71. The maximum Gasteiger partial charge on any atom is 0.271 e. The van der Waals surface area contributed by atoms with Gasteiger partial charge in [-0.25, -0.2) is 4.99 Å². The third-order valence-corrected chi connectivity index (χ3v) is 8.11. The Labute approximate surface area is 249 Å². The fourth-order valence-corrected chi connectivity index (χ4v) is 6.41. The molecule has 5 rings (SSSR count). The van der Waals surface area contributed by atoms with E-state index in [-0.39, 0.29) is 11.5 Å². The number of aromatic nitrogens is 1. The van der Waals surface area contributed by atoms with E-state index in [1.165, 1.54) is 11.3 Å². The van der Waals surface area contributed by atoms with Gasteiger partial charge in [-0.15, -0.1) is 0 Å². The molecule has 4 aromatic rings. The number of hydrogen-bond donors (Lipinski definition) is 1. The van der Waals surface area contributed by atoms with Crippen molar-refractivity contribution >= 4 is 44.9 Å². The number of rotatable bonds is 8. The predicted octanol–water partition coefficient (Wildman–Crippen LogP) is 5.05. The first-order valence-corrected chi connectivity index (χ1v) is 14.5. The van der Waals surface area contributed by atoms with Crippen LogP contribution in [-0.2, 0) is 4.79 Å². The molecule has 1 aliphatic rings. The SMILES string of the molecule is CCOc1cc(/C=c2\sc3n(c2=O)[C@@H](c2cccc(OC)c2)C(C(=O)Nc2ccccc2)=C(C)N=3)cc(Br)c1OC. The van der Waals surface area contributed by atoms with Gasteiger partial charge >= 0.3 is 0 Å². The zero-order valence-electron chi connectivity index (χ0n) is 22.9. The number of allylic oxidation sites excluding steroid dienone is 1. The van der Waals surface area contributed by atoms with Crippen LogP contribution in [0, 0.1) is 0 Å². The van der Waals surface area contributed by atoms with Gasteiger partial charge in [0.2, 0.25) is 0 Å². The summed E-state index contributed by atoms with van der Waals surface area (Å²) in [6.45, 7) is 4.14. The minimum Gasteiger partial charge on any atom is -0.497 e. The maximum atomic E-state index is 14.0. The maximum absolute atomic E-state index is 14.0. The summed E-state index contributed by atoms with van der Waals surface area (Å²) in [7, 11) is 3.16. The highest BCUT2D eigenvalue weighted by Gasteiger charge is 2.32. The van der Waals surface area contributed by atoms with Crippen LogP contribution in [0.15, 0.2) is 92.3 Å². The highest BCUT2D eigenvalue weighted by molar-refractivity contribution is 9.10. The number of amides is 1. The zero-order valence-corrected chi connectivity index (χ0v) is 25.3. The van der Waals surface area contributed by atoms with Crippen molar-refractivity contribution < 1.29 is 19.0 Å². The number of methoxy groups -OCH3 is 2. The first-order chi connectivity index (χ1) is 19.8. The van der Waals surface area contributed by atoms with Crippen LogP contribution in [0.2, 0.25) is 0 Å². The van der Waals surface area contributed by atoms with Crippen LogP contribution in [0.4, 0.5) is 5.69 Å². The summed E-state index contributed by atoms with van der Waals surface area (Å²) in [5.41, 5.74) is 2.79. The van der Waals surface area contributed by atoms with Crippen molar-refractivity contribution in [3.63, 3.8) is 0 Å². The van der Waals surface area contributed by atoms with Crippen LogP contribution in [0.1, 0.15) is 31.0 Å². The molecule has 10 heteroatoms. The molecule has 0 fully saturated rings. The summed E-state index contributed by atoms with van der Waals surface area (Å²) < 4.78 is 19.5. The first-order valence-electron chi connectivity index (χ1n) is 12.9. The van der Waals surface area contributed by atoms with Crippen molar-refractivity contribution in [3.05, 3.63) is 113 Å². The molecule has 1 amide bonds. The van der Waals surface area contributed by atoms with Gasteiger partial charge in [0.1, 0.15) is 5.75 Å². The van der Waals surface area contributed by atoms with Gasteiger partial charge in [0.25, 0.3) is 11.5 Å². The lowest BCUT2D eigenvalue weighted by molar-refractivity contribution is -0.113. The summed E-state index contributed by atoms with van der Waals surface area (Å²) in [6, 6.07) is 19.6. The summed E-state index contributed by atoms with van der Waals surface area (Å²) in [6.07, 6.45) is 1.79. The topological polar surface area (TPSA) is 91.2 Å². The molecule has 0 radical (unpaired) electrons. The van der Waals surface area contributed by atoms with Crippen LogP contribution >= 0.6 is 27.3 Å². The molecule has 0 saturated heterocycles. The summed E-state index contributed by atoms with van der Waals surface area (Å²) in [5, 5.41) is 2.96. The normalized spacial score (nSPS) is 14.8. The lowest BCUT2D eigenvalue weighted by Crippen LogP contribution is -2.40. The van der Waals surface area contributed by atoms with Crippen molar-refractivity contribution in [2.24, 2.45) is 4.99 Å². The van der Waals surface area contributed by atoms with E-state index < -0.39 is 6.04 Å². The Morgan fingerprint density at radius 2 is 1.88 bits per heavy atom. The van der Waals surface area contributed by atoms with Crippen molar-refractivity contribution in [1.82, 2.24) is 4.57 Å². The second kappa shape index (κ2) is 12.2. The molecule has 2 heterocycles. The van der Waals surface area contributed by atoms with Crippen LogP contribution in [-0.4, -0.2) is 31.3 Å². The van der Waals surface area contributed by atoms with E-state index in [1.54, 1.807) is 31.8 Å². The molecule has 0 unspecified atom stereocenters. The highest BCUT2D eigenvalue weighted by Crippen LogP contribution is 2.37. The molecule has 1 aromatic heterocycles. The molecule has 0 bridgehead atoms. The number of ether oxygens (including phenoxy) is 3. The van der Waals surface area contributed by atoms with E-state index in [4.69, 9.17) is 19.2 Å². The summed E-state index contributed by atoms with van der Waals surface area (Å²) in [4.78, 5) is 33.0. The predicted molar refractivity (Wildman–Crippen MR) is 164 cm³/mol. The molecule has 3 aromatic carbocycles. The molecule has 0 spiro atoms. The van der Waals surface area contributed by atoms with Crippen molar-refractivity contribution in [3.8, 4) is 17.2 Å². The minimum absolute atomic E-state index is 0.260. The Hall–Kier alpha value is -4.15. The van der Waals surface area contributed by atoms with E-state index in [9.17, 15) is 9.59 Å². The van der Waals surface area contributed by atoms with Gasteiger partial charge in [0, 0.05) is 5.69 Å². The number of anilines is 1. The molecule has 1 atom stereocenters. The molecule has 0 saturated carbocycles. The van der Waals surface area contributed by atoms with Gasteiger partial charge in [-0.2, -0.15) is 0 Å². The fraction of sp³-hybridized carbons (Fsp3) is 0.194. The number of carbonyl (C=O) groups excluding carboxylic acids is 1. The van der Waals surface area contributed by atoms with Crippen LogP contribution < -0.4 is 34.4 Å². The van der Waals surface area contributed by atoms with Gasteiger partial charge in [-0.1, -0.05) is 41.7 Å². The van der Waals surface area contributed by atoms with Gasteiger partial charge in [-0.05, 0) is 83.4 Å². The third-order valence-electron chi connectivity index (χ3n) is 6.54. The fourth-order valence-electron chi connectivity index (χ4n) is 4.74. The summed E-state index contributed by atoms with van der Waals surface area (Å²) in [5.74, 6) is 1.43. The average Bonchev–Trinajstić information content (AvgIpc) is 3.26. The van der Waals surface area contributed by atoms with Gasteiger partial charge in [0.15, 0.2) is 16.3 Å². The molecule has 210 valence electrons. The number of nitrogens with one attached hydrogen (secondary N) is 1. The molecule has 1 aliphatic heterocycles. The number of fused-ring (bicyclic) bond motifs is 1. The van der Waals surface area contributed by atoms with Gasteiger partial charge in [0.05, 0.1) is 47.1 Å². The van der Waals surface area contributed by atoms with E-state index in [0.717, 1.165) is 11.1 Å². The average molecular weight is 635 g/mol. The molecular weight excluding hydrogens is 606 g/mol. The van der Waals surface area contributed by atoms with Crippen LogP contribution in [0.5, 0.6) is 17.2 Å². The highest BCUT2D eigenvalue weighted by atomic mass is 79.9. The van der Waals surface area contributed by atoms with Crippen molar-refractivity contribution in [2.45, 2.75) is 19.9 Å². The standard InChI is InChI=1S/C31H28BrN3O5S/c1-5-40-24-15-19(14-23(32)28(24)39-4)16-25-30(37)35-27(20-10-9-13-22(17-20)38-3)26(18(2)33-31(35)41-25)29(36)34-21-11-7-6-8-12-21/h6-17,27H,5H2,1-4H3,(H,34,36)/b25-16-/t27-/m0/s1. The monoisotopic (exact) mass is 633 g/mol. The van der Waals surface area contributed by atoms with Crippen LogP contribution in [0.3, 0.4) is 0 Å². The number of nitrogens with zero attached hydrogens (tertiary/aromatic N) is 2. The Balaban J connectivity index is 1.68. The number of thiazole rings is 1. The van der Waals surface area contributed by atoms with Crippen molar-refractivity contribution in [2.75, 3.05) is 26.1 Å². The zero-order chi connectivity index (χ0) is 29.1. The molecule has 0 aliphatic carbocycles. The lowest BCUT2D eigenvalue weighted by atomic mass is 9.95. The number of benzene rings is 3. The number of para-hydroxylation sites is 1. The largest absolute Gasteiger partial charge is 0.497 e. The van der Waals surface area contributed by atoms with E-state index in [1.807, 2.05) is 73.7 Å². The lowest BCUT2D eigenvalue weighted by Gasteiger charge is -2.25. The number of carbonyl (C=O) groups is 1. The Kier molecular flexibility index (Phi) is 8.41. The second-order valence-electron chi connectivity index (χ2n) is 9.15. The minimum atomic E-state index is -0.714. The molecule has 1 N–H and O–H groups in total. The van der Waals surface area contributed by atoms with Gasteiger partial charge in [-0.3, -0.25) is 14.2 Å². The smallest absolute Gasteiger partial charge is 0.271 e. The quantitative estimate of drug-likeness (QED) is 0.293. The van der Waals surface area contributed by atoms with E-state index in [2.05, 4.69) is 21.2 Å². The number of halogens is 1. The Morgan fingerprint density at radius 3 is 2.59 bits per heavy atom. The Morgan fingerprint density at radius 1 is 1.10 bits per heavy atom. The molecular formula is C31H28BrN3O5S. The van der Waals surface area contributed by atoms with Crippen molar-refractivity contribution in [1.29, 1.82) is 0 Å². The number of hydrogen-bond acceptors (Lipinski definition) is 7.